The molecule has 0 unspecified atom stereocenters. The van der Waals surface area contributed by atoms with Gasteiger partial charge in [0.2, 0.25) is 0 Å². The Balaban J connectivity index is 2.34. The van der Waals surface area contributed by atoms with Gasteiger partial charge in [0.25, 0.3) is 0 Å². The van der Waals surface area contributed by atoms with Crippen LogP contribution in [0.2, 0.25) is 0 Å². The number of para-hydroxylation sites is 1. The second-order valence-corrected chi connectivity index (χ2v) is 4.83. The Morgan fingerprint density at radius 3 is 2.37 bits per heavy atom. The minimum atomic E-state index is -0.780. The Kier molecular flexibility index (Phi) is 5.09. The number of halogens is 2. The third kappa shape index (κ3) is 5.54. The Hall–Kier alpha value is -1.85. The molecule has 0 aliphatic rings. The van der Waals surface area contributed by atoms with E-state index in [1.807, 2.05) is 0 Å². The molecule has 0 atom stereocenters. The van der Waals surface area contributed by atoms with Crippen molar-refractivity contribution < 1.29 is 23.0 Å². The molecule has 1 aromatic rings. The lowest BCUT2D eigenvalue weighted by atomic mass is 10.2. The normalized spacial score (nSPS) is 11.0. The fourth-order valence-electron chi connectivity index (χ4n) is 1.24. The van der Waals surface area contributed by atoms with Gasteiger partial charge < -0.3 is 14.8 Å². The summed E-state index contributed by atoms with van der Waals surface area (Å²) in [7, 11) is 0. The van der Waals surface area contributed by atoms with Gasteiger partial charge in [-0.1, -0.05) is 6.07 Å². The van der Waals surface area contributed by atoms with Crippen LogP contribution in [0.1, 0.15) is 20.8 Å². The van der Waals surface area contributed by atoms with Gasteiger partial charge in [-0.3, -0.25) is 0 Å². The second kappa shape index (κ2) is 6.36. The standard InChI is InChI=1S/C13H17F2NO3/c1-13(2,3)19-12(17)16-7-8-18-11-9(14)5-4-6-10(11)15/h4-6H,7-8H2,1-3H3,(H,16,17). The number of nitrogens with one attached hydrogen (secondary N) is 1. The van der Waals surface area contributed by atoms with Gasteiger partial charge in [-0.15, -0.1) is 0 Å². The van der Waals surface area contributed by atoms with Crippen molar-refractivity contribution in [2.24, 2.45) is 0 Å². The van der Waals surface area contributed by atoms with Gasteiger partial charge >= 0.3 is 6.09 Å². The SMILES string of the molecule is CC(C)(C)OC(=O)NCCOc1c(F)cccc1F. The number of carbonyl (C=O) groups is 1. The predicted molar refractivity (Wildman–Crippen MR) is 66.1 cm³/mol. The first-order valence-electron chi connectivity index (χ1n) is 5.83. The van der Waals surface area contributed by atoms with Crippen LogP contribution in [0.3, 0.4) is 0 Å². The Morgan fingerprint density at radius 1 is 1.26 bits per heavy atom. The van der Waals surface area contributed by atoms with Crippen molar-refractivity contribution in [2.45, 2.75) is 26.4 Å². The maximum absolute atomic E-state index is 13.2. The molecule has 0 aliphatic carbocycles. The average Bonchev–Trinajstić information content (AvgIpc) is 2.25. The maximum atomic E-state index is 13.2. The summed E-state index contributed by atoms with van der Waals surface area (Å²) in [5, 5.41) is 2.42. The van der Waals surface area contributed by atoms with Crippen LogP contribution in [0, 0.1) is 11.6 Å². The molecule has 0 radical (unpaired) electrons. The number of ether oxygens (including phenoxy) is 2. The summed E-state index contributed by atoms with van der Waals surface area (Å²) in [5.74, 6) is -2.01. The smallest absolute Gasteiger partial charge is 0.407 e. The van der Waals surface area contributed by atoms with E-state index in [1.165, 1.54) is 6.07 Å². The summed E-state index contributed by atoms with van der Waals surface area (Å²) in [4.78, 5) is 11.3. The molecule has 6 heteroatoms. The summed E-state index contributed by atoms with van der Waals surface area (Å²) < 4.78 is 36.3. The van der Waals surface area contributed by atoms with Gasteiger partial charge in [0.05, 0.1) is 6.54 Å². The first-order chi connectivity index (χ1) is 8.79. The van der Waals surface area contributed by atoms with E-state index in [4.69, 9.17) is 9.47 Å². The van der Waals surface area contributed by atoms with Crippen molar-refractivity contribution in [1.29, 1.82) is 0 Å². The Morgan fingerprint density at radius 2 is 1.84 bits per heavy atom. The number of amides is 1. The maximum Gasteiger partial charge on any atom is 0.407 e. The number of alkyl carbamates (subject to hydrolysis) is 1. The van der Waals surface area contributed by atoms with Crippen LogP contribution >= 0.6 is 0 Å². The molecule has 0 aromatic heterocycles. The molecule has 0 fully saturated rings. The van der Waals surface area contributed by atoms with Crippen LogP contribution in [-0.4, -0.2) is 24.8 Å². The molecule has 4 nitrogen and oxygen atoms in total. The Bertz CT molecular complexity index is 424. The van der Waals surface area contributed by atoms with Crippen molar-refractivity contribution >= 4 is 6.09 Å². The van der Waals surface area contributed by atoms with Gasteiger partial charge in [0.1, 0.15) is 12.2 Å². The van der Waals surface area contributed by atoms with Gasteiger partial charge in [-0.2, -0.15) is 0 Å². The zero-order valence-corrected chi connectivity index (χ0v) is 11.1. The van der Waals surface area contributed by atoms with Crippen LogP contribution in [-0.2, 0) is 4.74 Å². The molecule has 1 rings (SSSR count). The highest BCUT2D eigenvalue weighted by molar-refractivity contribution is 5.67. The van der Waals surface area contributed by atoms with Gasteiger partial charge in [0.15, 0.2) is 17.4 Å². The molecule has 0 bridgehead atoms. The summed E-state index contributed by atoms with van der Waals surface area (Å²) in [6, 6.07) is 3.44. The van der Waals surface area contributed by atoms with E-state index in [9.17, 15) is 13.6 Å². The summed E-state index contributed by atoms with van der Waals surface area (Å²) in [6.07, 6.45) is -0.606. The number of benzene rings is 1. The van der Waals surface area contributed by atoms with Gasteiger partial charge in [-0.25, -0.2) is 13.6 Å². The highest BCUT2D eigenvalue weighted by Gasteiger charge is 2.15. The van der Waals surface area contributed by atoms with Gasteiger partial charge in [-0.05, 0) is 32.9 Å². The monoisotopic (exact) mass is 273 g/mol. The highest BCUT2D eigenvalue weighted by atomic mass is 19.1. The third-order valence-electron chi connectivity index (χ3n) is 1.94. The molecule has 0 spiro atoms. The van der Waals surface area contributed by atoms with Gasteiger partial charge in [0, 0.05) is 0 Å². The van der Waals surface area contributed by atoms with Crippen molar-refractivity contribution in [3.8, 4) is 5.75 Å². The molecule has 0 saturated carbocycles. The van der Waals surface area contributed by atoms with E-state index < -0.39 is 29.1 Å². The third-order valence-corrected chi connectivity index (χ3v) is 1.94. The molecule has 19 heavy (non-hydrogen) atoms. The van der Waals surface area contributed by atoms with Crippen LogP contribution in [0.15, 0.2) is 18.2 Å². The second-order valence-electron chi connectivity index (χ2n) is 4.83. The number of hydrogen-bond acceptors (Lipinski definition) is 3. The lowest BCUT2D eigenvalue weighted by molar-refractivity contribution is 0.0520. The molecule has 1 N–H and O–H groups in total. The largest absolute Gasteiger partial charge is 0.486 e. The molecule has 106 valence electrons. The quantitative estimate of drug-likeness (QED) is 0.858. The fraction of sp³-hybridized carbons (Fsp3) is 0.462. The summed E-state index contributed by atoms with van der Waals surface area (Å²) in [5.41, 5.74) is -0.595. The Labute approximate surface area is 110 Å². The van der Waals surface area contributed by atoms with Crippen molar-refractivity contribution in [3.05, 3.63) is 29.8 Å². The lowest BCUT2D eigenvalue weighted by Crippen LogP contribution is -2.34. The molecule has 1 aromatic carbocycles. The van der Waals surface area contributed by atoms with E-state index in [-0.39, 0.29) is 13.2 Å². The van der Waals surface area contributed by atoms with E-state index in [0.717, 1.165) is 12.1 Å². The van der Waals surface area contributed by atoms with E-state index in [0.29, 0.717) is 0 Å². The summed E-state index contributed by atoms with van der Waals surface area (Å²) >= 11 is 0. The van der Waals surface area contributed by atoms with E-state index in [1.54, 1.807) is 20.8 Å². The number of hydrogen-bond donors (Lipinski definition) is 1. The van der Waals surface area contributed by atoms with Crippen LogP contribution < -0.4 is 10.1 Å². The first kappa shape index (κ1) is 15.2. The van der Waals surface area contributed by atoms with Crippen molar-refractivity contribution in [2.75, 3.05) is 13.2 Å². The minimum Gasteiger partial charge on any atom is -0.486 e. The van der Waals surface area contributed by atoms with Crippen LogP contribution in [0.4, 0.5) is 13.6 Å². The fourth-order valence-corrected chi connectivity index (χ4v) is 1.24. The predicted octanol–water partition coefficient (Wildman–Crippen LogP) is 2.87. The van der Waals surface area contributed by atoms with Crippen molar-refractivity contribution in [1.82, 2.24) is 5.32 Å². The molecular weight excluding hydrogens is 256 g/mol. The summed E-state index contributed by atoms with van der Waals surface area (Å²) in [6.45, 7) is 5.23. The zero-order chi connectivity index (χ0) is 14.5. The zero-order valence-electron chi connectivity index (χ0n) is 11.1. The van der Waals surface area contributed by atoms with Crippen LogP contribution in [0.5, 0.6) is 5.75 Å². The van der Waals surface area contributed by atoms with Crippen molar-refractivity contribution in [3.63, 3.8) is 0 Å². The van der Waals surface area contributed by atoms with Crippen LogP contribution in [0.25, 0.3) is 0 Å². The molecular formula is C13H17F2NO3. The highest BCUT2D eigenvalue weighted by Crippen LogP contribution is 2.20. The van der Waals surface area contributed by atoms with E-state index in [2.05, 4.69) is 5.32 Å². The van der Waals surface area contributed by atoms with E-state index >= 15 is 0 Å². The number of carbonyl (C=O) groups excluding carboxylic acids is 1. The molecule has 0 aliphatic heterocycles. The molecule has 0 heterocycles. The average molecular weight is 273 g/mol. The topological polar surface area (TPSA) is 47.6 Å². The molecule has 1 amide bonds. The minimum absolute atomic E-state index is 0.0584. The molecule has 0 saturated heterocycles. The lowest BCUT2D eigenvalue weighted by Gasteiger charge is -2.19. The number of rotatable bonds is 4. The first-order valence-corrected chi connectivity index (χ1v) is 5.83.